The highest BCUT2D eigenvalue weighted by Gasteiger charge is 2.04. The van der Waals surface area contributed by atoms with Crippen LogP contribution in [-0.4, -0.2) is 12.2 Å². The van der Waals surface area contributed by atoms with Crippen molar-refractivity contribution in [3.63, 3.8) is 0 Å². The lowest BCUT2D eigenvalue weighted by Gasteiger charge is -2.06. The number of ether oxygens (including phenoxy) is 1. The Labute approximate surface area is 106 Å². The van der Waals surface area contributed by atoms with E-state index < -0.39 is 0 Å². The van der Waals surface area contributed by atoms with Crippen molar-refractivity contribution >= 4 is 0 Å². The molecule has 2 rings (SSSR count). The molecule has 0 bridgehead atoms. The van der Waals surface area contributed by atoms with Gasteiger partial charge >= 0.3 is 0 Å². The van der Waals surface area contributed by atoms with Crippen molar-refractivity contribution in [2.24, 2.45) is 0 Å². The summed E-state index contributed by atoms with van der Waals surface area (Å²) < 4.78 is 5.10. The molecule has 2 aromatic rings. The first-order valence-corrected chi connectivity index (χ1v) is 5.57. The Balaban J connectivity index is 2.41. The maximum Gasteiger partial charge on any atom is 0.118 e. The third-order valence-corrected chi connectivity index (χ3v) is 2.82. The fourth-order valence-electron chi connectivity index (χ4n) is 1.80. The Hall–Kier alpha value is -2.31. The third kappa shape index (κ3) is 2.34. The van der Waals surface area contributed by atoms with E-state index in [2.05, 4.69) is 6.07 Å². The van der Waals surface area contributed by atoms with Crippen molar-refractivity contribution in [3.05, 3.63) is 53.6 Å². The van der Waals surface area contributed by atoms with Crippen molar-refractivity contribution in [2.75, 3.05) is 7.11 Å². The molecule has 18 heavy (non-hydrogen) atoms. The van der Waals surface area contributed by atoms with Gasteiger partial charge in [-0.25, -0.2) is 0 Å². The summed E-state index contributed by atoms with van der Waals surface area (Å²) in [6, 6.07) is 15.2. The highest BCUT2D eigenvalue weighted by atomic mass is 16.5. The zero-order valence-electron chi connectivity index (χ0n) is 10.1. The highest BCUT2D eigenvalue weighted by Crippen LogP contribution is 2.24. The van der Waals surface area contributed by atoms with Gasteiger partial charge in [0.25, 0.3) is 0 Å². The number of nitriles is 1. The van der Waals surface area contributed by atoms with Crippen LogP contribution in [0.2, 0.25) is 0 Å². The van der Waals surface area contributed by atoms with Crippen molar-refractivity contribution in [2.45, 2.75) is 6.61 Å². The SMILES string of the molecule is COc1ccc(-c2ccc(C#N)c(CO)c2)cc1. The van der Waals surface area contributed by atoms with Crippen molar-refractivity contribution in [3.8, 4) is 22.9 Å². The lowest BCUT2D eigenvalue weighted by molar-refractivity contribution is 0.281. The fourth-order valence-corrected chi connectivity index (χ4v) is 1.80. The van der Waals surface area contributed by atoms with Gasteiger partial charge in [0.1, 0.15) is 5.75 Å². The molecule has 0 aromatic heterocycles. The summed E-state index contributed by atoms with van der Waals surface area (Å²) in [5.74, 6) is 0.801. The lowest BCUT2D eigenvalue weighted by Crippen LogP contribution is -1.90. The standard InChI is InChI=1S/C15H13NO2/c1-18-15-6-4-11(5-7-15)12-2-3-13(9-16)14(8-12)10-17/h2-8,17H,10H2,1H3. The van der Waals surface area contributed by atoms with Crippen LogP contribution in [-0.2, 0) is 6.61 Å². The Morgan fingerprint density at radius 1 is 1.11 bits per heavy atom. The van der Waals surface area contributed by atoms with E-state index in [-0.39, 0.29) is 6.61 Å². The van der Waals surface area contributed by atoms with E-state index in [9.17, 15) is 5.11 Å². The van der Waals surface area contributed by atoms with Gasteiger partial charge < -0.3 is 9.84 Å². The maximum atomic E-state index is 9.23. The van der Waals surface area contributed by atoms with E-state index in [4.69, 9.17) is 10.00 Å². The van der Waals surface area contributed by atoms with Crippen LogP contribution in [0.1, 0.15) is 11.1 Å². The average Bonchev–Trinajstić information content (AvgIpc) is 2.46. The second-order valence-electron chi connectivity index (χ2n) is 3.87. The molecule has 0 aliphatic rings. The van der Waals surface area contributed by atoms with Crippen LogP contribution in [0.25, 0.3) is 11.1 Å². The fraction of sp³-hybridized carbons (Fsp3) is 0.133. The number of hydrogen-bond donors (Lipinski definition) is 1. The van der Waals surface area contributed by atoms with E-state index in [1.54, 1.807) is 13.2 Å². The van der Waals surface area contributed by atoms with E-state index >= 15 is 0 Å². The molecule has 3 heteroatoms. The molecule has 0 atom stereocenters. The molecule has 3 nitrogen and oxygen atoms in total. The minimum absolute atomic E-state index is 0.132. The summed E-state index contributed by atoms with van der Waals surface area (Å²) in [7, 11) is 1.63. The van der Waals surface area contributed by atoms with Crippen LogP contribution in [0.4, 0.5) is 0 Å². The summed E-state index contributed by atoms with van der Waals surface area (Å²) in [6.07, 6.45) is 0. The predicted molar refractivity (Wildman–Crippen MR) is 69.1 cm³/mol. The van der Waals surface area contributed by atoms with Crippen LogP contribution in [0.3, 0.4) is 0 Å². The molecule has 0 fully saturated rings. The largest absolute Gasteiger partial charge is 0.497 e. The second-order valence-corrected chi connectivity index (χ2v) is 3.87. The van der Waals surface area contributed by atoms with Gasteiger partial charge in [-0.3, -0.25) is 0 Å². The molecule has 0 aliphatic heterocycles. The molecule has 0 saturated carbocycles. The quantitative estimate of drug-likeness (QED) is 0.896. The molecule has 0 aliphatic carbocycles. The summed E-state index contributed by atoms with van der Waals surface area (Å²) >= 11 is 0. The van der Waals surface area contributed by atoms with Gasteiger partial charge in [-0.05, 0) is 41.0 Å². The third-order valence-electron chi connectivity index (χ3n) is 2.82. The van der Waals surface area contributed by atoms with Gasteiger partial charge in [-0.2, -0.15) is 5.26 Å². The number of benzene rings is 2. The van der Waals surface area contributed by atoms with Crippen LogP contribution < -0.4 is 4.74 Å². The Morgan fingerprint density at radius 3 is 2.33 bits per heavy atom. The molecule has 0 spiro atoms. The molecular weight excluding hydrogens is 226 g/mol. The molecule has 0 unspecified atom stereocenters. The molecule has 1 N–H and O–H groups in total. The first-order valence-electron chi connectivity index (χ1n) is 5.57. The first-order chi connectivity index (χ1) is 8.78. The number of aliphatic hydroxyl groups is 1. The molecule has 2 aromatic carbocycles. The normalized spacial score (nSPS) is 9.83. The second kappa shape index (κ2) is 5.35. The molecule has 0 heterocycles. The van der Waals surface area contributed by atoms with Gasteiger partial charge in [-0.1, -0.05) is 18.2 Å². The van der Waals surface area contributed by atoms with Crippen LogP contribution in [0.5, 0.6) is 5.75 Å². The summed E-state index contributed by atoms with van der Waals surface area (Å²) in [5.41, 5.74) is 3.15. The number of hydrogen-bond acceptors (Lipinski definition) is 3. The highest BCUT2D eigenvalue weighted by molar-refractivity contribution is 5.66. The van der Waals surface area contributed by atoms with Gasteiger partial charge in [0, 0.05) is 0 Å². The number of aliphatic hydroxyl groups excluding tert-OH is 1. The van der Waals surface area contributed by atoms with Crippen molar-refractivity contribution in [1.82, 2.24) is 0 Å². The first kappa shape index (κ1) is 12.2. The predicted octanol–water partition coefficient (Wildman–Crippen LogP) is 2.73. The van der Waals surface area contributed by atoms with Crippen LogP contribution >= 0.6 is 0 Å². The van der Waals surface area contributed by atoms with Gasteiger partial charge in [-0.15, -0.1) is 0 Å². The topological polar surface area (TPSA) is 53.2 Å². The molecule has 90 valence electrons. The molecule has 0 radical (unpaired) electrons. The zero-order valence-corrected chi connectivity index (χ0v) is 10.1. The monoisotopic (exact) mass is 239 g/mol. The minimum Gasteiger partial charge on any atom is -0.497 e. The van der Waals surface area contributed by atoms with E-state index in [0.717, 1.165) is 16.9 Å². The Morgan fingerprint density at radius 2 is 1.78 bits per heavy atom. The maximum absolute atomic E-state index is 9.23. The summed E-state index contributed by atoms with van der Waals surface area (Å²) in [5, 5.41) is 18.1. The smallest absolute Gasteiger partial charge is 0.118 e. The number of methoxy groups -OCH3 is 1. The van der Waals surface area contributed by atoms with Gasteiger partial charge in [0.15, 0.2) is 0 Å². The lowest BCUT2D eigenvalue weighted by atomic mass is 10.00. The Kier molecular flexibility index (Phi) is 3.61. The molecular formula is C15H13NO2. The van der Waals surface area contributed by atoms with Crippen molar-refractivity contribution in [1.29, 1.82) is 5.26 Å². The van der Waals surface area contributed by atoms with Crippen LogP contribution in [0.15, 0.2) is 42.5 Å². The van der Waals surface area contributed by atoms with E-state index in [1.807, 2.05) is 36.4 Å². The average molecular weight is 239 g/mol. The van der Waals surface area contributed by atoms with E-state index in [1.165, 1.54) is 0 Å². The summed E-state index contributed by atoms with van der Waals surface area (Å²) in [6.45, 7) is -0.132. The van der Waals surface area contributed by atoms with Crippen LogP contribution in [0, 0.1) is 11.3 Å². The molecule has 0 saturated heterocycles. The van der Waals surface area contributed by atoms with E-state index in [0.29, 0.717) is 11.1 Å². The summed E-state index contributed by atoms with van der Waals surface area (Å²) in [4.78, 5) is 0. The number of nitrogens with zero attached hydrogens (tertiary/aromatic N) is 1. The van der Waals surface area contributed by atoms with Crippen molar-refractivity contribution < 1.29 is 9.84 Å². The minimum atomic E-state index is -0.132. The van der Waals surface area contributed by atoms with Gasteiger partial charge in [0.2, 0.25) is 0 Å². The van der Waals surface area contributed by atoms with Gasteiger partial charge in [0.05, 0.1) is 25.3 Å². The Bertz CT molecular complexity index is 582. The number of rotatable bonds is 3. The zero-order chi connectivity index (χ0) is 13.0. The molecule has 0 amide bonds.